The van der Waals surface area contributed by atoms with Crippen LogP contribution in [-0.4, -0.2) is 50.7 Å². The Morgan fingerprint density at radius 2 is 1.76 bits per heavy atom. The molecule has 4 rings (SSSR count). The van der Waals surface area contributed by atoms with Gasteiger partial charge >= 0.3 is 5.97 Å². The first-order valence-corrected chi connectivity index (χ1v) is 13.7. The molecule has 34 heavy (non-hydrogen) atoms. The molecule has 6 nitrogen and oxygen atoms in total. The van der Waals surface area contributed by atoms with Crippen LogP contribution in [0.5, 0.6) is 5.75 Å². The summed E-state index contributed by atoms with van der Waals surface area (Å²) in [6, 6.07) is 20.6. The van der Waals surface area contributed by atoms with Crippen molar-refractivity contribution >= 4 is 38.5 Å². The Kier molecular flexibility index (Phi) is 7.80. The van der Waals surface area contributed by atoms with Crippen molar-refractivity contribution in [3.05, 3.63) is 72.3 Å². The standard InChI is InChI=1S/C26H29NO5S2/c1-31-23-11-7-19(8-12-23)18-33-24-16-22(10-14-26(28)32-2)27(17-24)34(29,30)25-13-9-20-5-3-4-6-21(20)15-25/h3-9,11-13,15,22,24H,10,14,16-18H2,1-2H3. The number of methoxy groups -OCH3 is 2. The first kappa shape index (κ1) is 24.6. The topological polar surface area (TPSA) is 72.9 Å². The average Bonchev–Trinajstić information content (AvgIpc) is 3.30. The molecule has 0 bridgehead atoms. The third kappa shape index (κ3) is 5.56. The number of nitrogens with zero attached hydrogens (tertiary/aromatic N) is 1. The number of sulfonamides is 1. The lowest BCUT2D eigenvalue weighted by molar-refractivity contribution is -0.140. The van der Waals surface area contributed by atoms with E-state index in [4.69, 9.17) is 9.47 Å². The van der Waals surface area contributed by atoms with Crippen molar-refractivity contribution in [3.8, 4) is 5.75 Å². The van der Waals surface area contributed by atoms with Crippen molar-refractivity contribution in [3.63, 3.8) is 0 Å². The summed E-state index contributed by atoms with van der Waals surface area (Å²) < 4.78 is 39.0. The highest BCUT2D eigenvalue weighted by atomic mass is 32.2. The van der Waals surface area contributed by atoms with Gasteiger partial charge in [0.05, 0.1) is 19.1 Å². The molecule has 0 spiro atoms. The van der Waals surface area contributed by atoms with Crippen molar-refractivity contribution < 1.29 is 22.7 Å². The SMILES string of the molecule is COC(=O)CCC1CC(SCc2ccc(OC)cc2)CN1S(=O)(=O)c1ccc2ccccc2c1. The number of thioether (sulfide) groups is 1. The van der Waals surface area contributed by atoms with Gasteiger partial charge in [-0.25, -0.2) is 8.42 Å². The lowest BCUT2D eigenvalue weighted by atomic mass is 10.1. The summed E-state index contributed by atoms with van der Waals surface area (Å²) in [6.45, 7) is 0.418. The van der Waals surface area contributed by atoms with Crippen molar-refractivity contribution in [2.45, 2.75) is 41.2 Å². The first-order valence-electron chi connectivity index (χ1n) is 11.2. The lowest BCUT2D eigenvalue weighted by Gasteiger charge is -2.24. The van der Waals surface area contributed by atoms with E-state index in [-0.39, 0.29) is 28.6 Å². The number of ether oxygens (including phenoxy) is 2. The van der Waals surface area contributed by atoms with Crippen LogP contribution in [0.25, 0.3) is 10.8 Å². The normalized spacial score (nSPS) is 18.8. The number of esters is 1. The molecular formula is C26H29NO5S2. The summed E-state index contributed by atoms with van der Waals surface area (Å²) in [5, 5.41) is 2.03. The van der Waals surface area contributed by atoms with Gasteiger partial charge in [0.2, 0.25) is 10.0 Å². The Bertz CT molecular complexity index is 1240. The van der Waals surface area contributed by atoms with Crippen LogP contribution < -0.4 is 4.74 Å². The van der Waals surface area contributed by atoms with Gasteiger partial charge in [-0.3, -0.25) is 4.79 Å². The fourth-order valence-electron chi connectivity index (χ4n) is 4.31. The number of fused-ring (bicyclic) bond motifs is 1. The summed E-state index contributed by atoms with van der Waals surface area (Å²) >= 11 is 1.75. The van der Waals surface area contributed by atoms with E-state index in [9.17, 15) is 13.2 Å². The molecule has 3 aromatic rings. The van der Waals surface area contributed by atoms with E-state index in [2.05, 4.69) is 0 Å². The summed E-state index contributed by atoms with van der Waals surface area (Å²) in [5.41, 5.74) is 1.16. The quantitative estimate of drug-likeness (QED) is 0.391. The zero-order chi connectivity index (χ0) is 24.1. The summed E-state index contributed by atoms with van der Waals surface area (Å²) in [6.07, 6.45) is 1.34. The summed E-state index contributed by atoms with van der Waals surface area (Å²) in [4.78, 5) is 12.1. The highest BCUT2D eigenvalue weighted by molar-refractivity contribution is 7.99. The second kappa shape index (κ2) is 10.8. The van der Waals surface area contributed by atoms with Gasteiger partial charge in [0.15, 0.2) is 0 Å². The van der Waals surface area contributed by atoms with Gasteiger partial charge in [0.1, 0.15) is 5.75 Å². The Hall–Kier alpha value is -2.55. The molecule has 0 aliphatic carbocycles. The second-order valence-electron chi connectivity index (χ2n) is 8.37. The smallest absolute Gasteiger partial charge is 0.305 e. The monoisotopic (exact) mass is 499 g/mol. The molecule has 1 fully saturated rings. The van der Waals surface area contributed by atoms with Crippen molar-refractivity contribution in [1.82, 2.24) is 4.31 Å². The minimum absolute atomic E-state index is 0.139. The highest BCUT2D eigenvalue weighted by Gasteiger charge is 2.40. The second-order valence-corrected chi connectivity index (χ2v) is 11.5. The van der Waals surface area contributed by atoms with Crippen LogP contribution >= 0.6 is 11.8 Å². The van der Waals surface area contributed by atoms with Gasteiger partial charge in [0.25, 0.3) is 0 Å². The molecule has 0 radical (unpaired) electrons. The van der Waals surface area contributed by atoms with Gasteiger partial charge in [-0.1, -0.05) is 42.5 Å². The van der Waals surface area contributed by atoms with Gasteiger partial charge < -0.3 is 9.47 Å². The maximum atomic E-state index is 13.7. The molecule has 1 saturated heterocycles. The third-order valence-electron chi connectivity index (χ3n) is 6.21. The Morgan fingerprint density at radius 3 is 2.47 bits per heavy atom. The zero-order valence-electron chi connectivity index (χ0n) is 19.3. The summed E-state index contributed by atoms with van der Waals surface area (Å²) in [5.74, 6) is 1.27. The fraction of sp³-hybridized carbons (Fsp3) is 0.346. The predicted octanol–water partition coefficient (Wildman–Crippen LogP) is 4.87. The Labute approximate surface area is 205 Å². The molecule has 3 aromatic carbocycles. The van der Waals surface area contributed by atoms with E-state index in [0.29, 0.717) is 19.4 Å². The number of benzene rings is 3. The van der Waals surface area contributed by atoms with E-state index in [1.807, 2.05) is 54.6 Å². The molecule has 1 aliphatic heterocycles. The van der Waals surface area contributed by atoms with E-state index >= 15 is 0 Å². The molecule has 0 amide bonds. The molecule has 8 heteroatoms. The van der Waals surface area contributed by atoms with Crippen LogP contribution in [0.2, 0.25) is 0 Å². The number of carbonyl (C=O) groups is 1. The van der Waals surface area contributed by atoms with E-state index < -0.39 is 10.0 Å². The predicted molar refractivity (Wildman–Crippen MR) is 136 cm³/mol. The lowest BCUT2D eigenvalue weighted by Crippen LogP contribution is -2.36. The third-order valence-corrected chi connectivity index (χ3v) is 9.43. The van der Waals surface area contributed by atoms with E-state index in [1.165, 1.54) is 7.11 Å². The molecule has 180 valence electrons. The molecule has 2 unspecified atom stereocenters. The molecule has 1 aliphatic rings. The number of carbonyl (C=O) groups excluding carboxylic acids is 1. The molecular weight excluding hydrogens is 470 g/mol. The van der Waals surface area contributed by atoms with Crippen molar-refractivity contribution in [2.24, 2.45) is 0 Å². The van der Waals surface area contributed by atoms with Crippen molar-refractivity contribution in [2.75, 3.05) is 20.8 Å². The first-order chi connectivity index (χ1) is 16.4. The van der Waals surface area contributed by atoms with Crippen LogP contribution in [0.15, 0.2) is 71.6 Å². The van der Waals surface area contributed by atoms with Crippen LogP contribution in [0.4, 0.5) is 0 Å². The van der Waals surface area contributed by atoms with E-state index in [0.717, 1.165) is 27.8 Å². The van der Waals surface area contributed by atoms with Crippen LogP contribution in [0.1, 0.15) is 24.8 Å². The molecule has 0 N–H and O–H groups in total. The van der Waals surface area contributed by atoms with Gasteiger partial charge in [0, 0.05) is 30.0 Å². The van der Waals surface area contributed by atoms with Gasteiger partial charge in [-0.15, -0.1) is 0 Å². The van der Waals surface area contributed by atoms with Crippen molar-refractivity contribution in [1.29, 1.82) is 0 Å². The van der Waals surface area contributed by atoms with Gasteiger partial charge in [-0.05, 0) is 53.4 Å². The molecule has 2 atom stereocenters. The average molecular weight is 500 g/mol. The molecule has 0 saturated carbocycles. The maximum Gasteiger partial charge on any atom is 0.305 e. The minimum atomic E-state index is -3.71. The highest BCUT2D eigenvalue weighted by Crippen LogP contribution is 2.36. The van der Waals surface area contributed by atoms with Crippen LogP contribution in [0, 0.1) is 0 Å². The van der Waals surface area contributed by atoms with Crippen LogP contribution in [0.3, 0.4) is 0 Å². The Balaban J connectivity index is 1.53. The molecule has 0 aromatic heterocycles. The maximum absolute atomic E-state index is 13.7. The minimum Gasteiger partial charge on any atom is -0.497 e. The Morgan fingerprint density at radius 1 is 1.03 bits per heavy atom. The number of rotatable bonds is 9. The van der Waals surface area contributed by atoms with E-state index in [1.54, 1.807) is 35.3 Å². The summed E-state index contributed by atoms with van der Waals surface area (Å²) in [7, 11) is -0.712. The fourth-order valence-corrected chi connectivity index (χ4v) is 7.39. The van der Waals surface area contributed by atoms with Crippen LogP contribution in [-0.2, 0) is 25.3 Å². The zero-order valence-corrected chi connectivity index (χ0v) is 21.0. The van der Waals surface area contributed by atoms with Gasteiger partial charge in [-0.2, -0.15) is 16.1 Å². The number of hydrogen-bond acceptors (Lipinski definition) is 6. The number of hydrogen-bond donors (Lipinski definition) is 0. The largest absolute Gasteiger partial charge is 0.497 e. The molecule has 1 heterocycles.